The van der Waals surface area contributed by atoms with Crippen LogP contribution < -0.4 is 0 Å². The maximum atomic E-state index is 14.4. The van der Waals surface area contributed by atoms with Gasteiger partial charge in [-0.25, -0.2) is 4.99 Å². The van der Waals surface area contributed by atoms with E-state index < -0.39 is 89.3 Å². The molecule has 4 aliphatic heterocycles. The van der Waals surface area contributed by atoms with E-state index in [0.717, 1.165) is 4.88 Å². The van der Waals surface area contributed by atoms with Crippen LogP contribution in [0.1, 0.15) is 84.4 Å². The summed E-state index contributed by atoms with van der Waals surface area (Å²) in [7, 11) is 3.73. The van der Waals surface area contributed by atoms with Crippen molar-refractivity contribution >= 4 is 40.4 Å². The number of aliphatic hydroxyl groups excluding tert-OH is 1. The number of fused-ring (bicyclic) bond motifs is 4. The number of thiophene rings is 1. The van der Waals surface area contributed by atoms with Crippen LogP contribution in [0.2, 0.25) is 0 Å². The predicted molar refractivity (Wildman–Crippen MR) is 206 cm³/mol. The molecule has 1 aromatic rings. The van der Waals surface area contributed by atoms with Crippen molar-refractivity contribution < 1.29 is 53.1 Å². The molecular formula is C40H58N4O11S. The minimum atomic E-state index is -1.84. The van der Waals surface area contributed by atoms with Crippen LogP contribution in [0.3, 0.4) is 0 Å². The second-order valence-corrected chi connectivity index (χ2v) is 17.7. The Balaban J connectivity index is 1.70. The smallest absolute Gasteiger partial charge is 0.316 e. The first-order valence-corrected chi connectivity index (χ1v) is 20.3. The molecule has 5 rings (SSSR count). The third-order valence-corrected chi connectivity index (χ3v) is 12.8. The van der Waals surface area contributed by atoms with Gasteiger partial charge in [0.05, 0.1) is 37.1 Å². The fraction of sp³-hybridized carbons (Fsp3) is 0.750. The number of hydrogen-bond donors (Lipinski definition) is 2. The highest BCUT2D eigenvalue weighted by Crippen LogP contribution is 2.40. The molecule has 15 nitrogen and oxygen atoms in total. The lowest BCUT2D eigenvalue weighted by Gasteiger charge is -2.47. The third kappa shape index (κ3) is 9.26. The Bertz CT molecular complexity index is 1710. The maximum Gasteiger partial charge on any atom is 0.316 e. The Morgan fingerprint density at radius 3 is 2.45 bits per heavy atom. The number of nitriles is 1. The summed E-state index contributed by atoms with van der Waals surface area (Å²) in [5.74, 6) is -5.52. The number of aliphatic hydroxyl groups is 2. The summed E-state index contributed by atoms with van der Waals surface area (Å²) in [6.07, 6.45) is -6.10. The van der Waals surface area contributed by atoms with Gasteiger partial charge >= 0.3 is 5.97 Å². The molecule has 1 amide bonds. The molecule has 2 N–H and O–H groups in total. The van der Waals surface area contributed by atoms with E-state index in [2.05, 4.69) is 11.2 Å². The van der Waals surface area contributed by atoms with Crippen LogP contribution in [0.15, 0.2) is 22.3 Å². The van der Waals surface area contributed by atoms with E-state index in [1.807, 2.05) is 32.8 Å². The molecule has 56 heavy (non-hydrogen) atoms. The van der Waals surface area contributed by atoms with Gasteiger partial charge < -0.3 is 43.6 Å². The molecule has 0 spiro atoms. The molecule has 5 heterocycles. The number of rotatable bonds is 6. The fourth-order valence-electron chi connectivity index (χ4n) is 8.66. The molecule has 4 bridgehead atoms. The van der Waals surface area contributed by atoms with Gasteiger partial charge in [-0.1, -0.05) is 32.9 Å². The van der Waals surface area contributed by atoms with Crippen molar-refractivity contribution in [3.8, 4) is 6.07 Å². The predicted octanol–water partition coefficient (Wildman–Crippen LogP) is 3.46. The molecule has 14 atom stereocenters. The number of ether oxygens (including phenoxy) is 5. The van der Waals surface area contributed by atoms with Crippen LogP contribution in [-0.2, 0) is 49.3 Å². The largest absolute Gasteiger partial charge is 0.459 e. The topological polar surface area (TPSA) is 199 Å². The van der Waals surface area contributed by atoms with Gasteiger partial charge in [0.15, 0.2) is 12.1 Å². The first-order valence-electron chi connectivity index (χ1n) is 19.5. The van der Waals surface area contributed by atoms with Gasteiger partial charge in [0, 0.05) is 34.9 Å². The van der Waals surface area contributed by atoms with Gasteiger partial charge in [-0.3, -0.25) is 14.4 Å². The summed E-state index contributed by atoms with van der Waals surface area (Å²) in [6, 6.07) is 5.23. The number of amides is 1. The second-order valence-electron chi connectivity index (χ2n) is 16.5. The highest BCUT2D eigenvalue weighted by molar-refractivity contribution is 7.12. The van der Waals surface area contributed by atoms with Gasteiger partial charge in [-0.15, -0.1) is 11.3 Å². The van der Waals surface area contributed by atoms with Crippen molar-refractivity contribution in [1.82, 2.24) is 4.90 Å². The molecule has 0 saturated carbocycles. The lowest BCUT2D eigenvalue weighted by molar-refractivity contribution is -0.296. The lowest BCUT2D eigenvalue weighted by atomic mass is 9.73. The monoisotopic (exact) mass is 802 g/mol. The molecule has 0 aliphatic carbocycles. The molecule has 0 radical (unpaired) electrons. The number of Topliss-reactive ketones (excluding diaryl/α,β-unsaturated/α-hetero) is 1. The summed E-state index contributed by atoms with van der Waals surface area (Å²) >= 11 is 1.24. The van der Waals surface area contributed by atoms with Crippen LogP contribution in [0.5, 0.6) is 0 Å². The number of esters is 1. The molecule has 3 saturated heterocycles. The van der Waals surface area contributed by atoms with Crippen molar-refractivity contribution in [2.45, 2.75) is 141 Å². The van der Waals surface area contributed by atoms with Gasteiger partial charge in [-0.2, -0.15) is 5.26 Å². The zero-order valence-corrected chi connectivity index (χ0v) is 34.9. The first-order chi connectivity index (χ1) is 26.3. The Hall–Kier alpha value is -3.14. The average Bonchev–Trinajstić information content (AvgIpc) is 3.60. The van der Waals surface area contributed by atoms with Gasteiger partial charge in [0.25, 0.3) is 5.91 Å². The highest BCUT2D eigenvalue weighted by Gasteiger charge is 2.53. The number of oxime groups is 1. The zero-order chi connectivity index (χ0) is 41.3. The lowest BCUT2D eigenvalue weighted by Crippen LogP contribution is -2.60. The summed E-state index contributed by atoms with van der Waals surface area (Å²) in [4.78, 5) is 56.2. The third-order valence-electron chi connectivity index (χ3n) is 11.8. The van der Waals surface area contributed by atoms with Crippen LogP contribution in [0.25, 0.3) is 0 Å². The minimum Gasteiger partial charge on any atom is -0.459 e. The highest BCUT2D eigenvalue weighted by atomic mass is 32.1. The molecule has 16 heteroatoms. The second kappa shape index (κ2) is 17.8. The van der Waals surface area contributed by atoms with Crippen molar-refractivity contribution in [1.29, 1.82) is 5.26 Å². The number of likely N-dealkylation sites (N-methyl/N-ethyl adjacent to an activating group) is 1. The zero-order valence-electron chi connectivity index (χ0n) is 34.1. The van der Waals surface area contributed by atoms with Crippen LogP contribution >= 0.6 is 11.3 Å². The van der Waals surface area contributed by atoms with Crippen LogP contribution in [-0.4, -0.2) is 132 Å². The minimum absolute atomic E-state index is 0.0970. The quantitative estimate of drug-likeness (QED) is 0.314. The number of cyclic esters (lactones) is 1. The normalized spacial score (nSPS) is 41.3. The molecular weight excluding hydrogens is 745 g/mol. The van der Waals surface area contributed by atoms with Crippen LogP contribution in [0.4, 0.5) is 0 Å². The molecule has 3 fully saturated rings. The summed E-state index contributed by atoms with van der Waals surface area (Å²) in [5.41, 5.74) is -2.63. The number of carbonyl (C=O) groups is 3. The van der Waals surface area contributed by atoms with E-state index in [9.17, 15) is 29.9 Å². The molecule has 310 valence electrons. The Morgan fingerprint density at radius 1 is 1.09 bits per heavy atom. The average molecular weight is 803 g/mol. The molecule has 0 aromatic carbocycles. The number of aliphatic imine (C=N–C) groups is 1. The van der Waals surface area contributed by atoms with E-state index in [1.54, 1.807) is 39.8 Å². The summed E-state index contributed by atoms with van der Waals surface area (Å²) in [5, 5.41) is 37.7. The number of hydrogen-bond acceptors (Lipinski definition) is 15. The van der Waals surface area contributed by atoms with E-state index in [4.69, 9.17) is 33.5 Å². The summed E-state index contributed by atoms with van der Waals surface area (Å²) in [6.45, 7) is 13.3. The number of ketones is 1. The van der Waals surface area contributed by atoms with E-state index in [-0.39, 0.29) is 50.3 Å². The van der Waals surface area contributed by atoms with Crippen molar-refractivity contribution in [2.75, 3.05) is 27.3 Å². The van der Waals surface area contributed by atoms with Gasteiger partial charge in [-0.05, 0) is 79.1 Å². The number of nitrogens with zero attached hydrogens (tertiary/aromatic N) is 4. The first kappa shape index (κ1) is 44.0. The van der Waals surface area contributed by atoms with E-state index in [1.165, 1.54) is 25.2 Å². The standard InChI is InChI=1S/C40H58N4O11S/c1-11-30-40(8,49)35-22(4)31-20(2)16-39(7,51-19-25(18-50-35)43-55-29(36(47)42-31)15-26-12-13-27(17-41)56-26)34(23(5)32(45)24(6)37(48)53-30)54-38-33(46)28(44(9)10)14-21(3)52-38/h12-13,20-24,28-30,33-35,38,46,49H,11,14-16,18-19H2,1-10H3/b42-31?,43-25+/t20-,21-,22-,23+,24-,28+,29?,30-,33-,34-,35+,38+,39-,40-/m1/s1. The van der Waals surface area contributed by atoms with Crippen molar-refractivity contribution in [3.63, 3.8) is 0 Å². The molecule has 1 unspecified atom stereocenters. The van der Waals surface area contributed by atoms with Crippen LogP contribution in [0, 0.1) is 35.0 Å². The van der Waals surface area contributed by atoms with E-state index >= 15 is 0 Å². The Labute approximate surface area is 333 Å². The van der Waals surface area contributed by atoms with Crippen molar-refractivity contribution in [3.05, 3.63) is 21.9 Å². The van der Waals surface area contributed by atoms with Gasteiger partial charge in [0.1, 0.15) is 40.4 Å². The Kier molecular flexibility index (Phi) is 14.0. The maximum absolute atomic E-state index is 14.4. The number of carbonyl (C=O) groups excluding carboxylic acids is 3. The molecule has 4 aliphatic rings. The van der Waals surface area contributed by atoms with Crippen molar-refractivity contribution in [2.24, 2.45) is 33.8 Å². The Morgan fingerprint density at radius 2 is 1.80 bits per heavy atom. The fourth-order valence-corrected chi connectivity index (χ4v) is 9.50. The van der Waals surface area contributed by atoms with E-state index in [0.29, 0.717) is 17.0 Å². The molecule has 1 aromatic heterocycles. The summed E-state index contributed by atoms with van der Waals surface area (Å²) < 4.78 is 32.2. The SMILES string of the molecule is CC[C@H]1OC(=O)[C@H](C)C(=O)[C@H](C)[C@@H](O[C@@H]2O[C@H](C)C[C@H](N(C)C)[C@H]2O)[C@@]2(C)C[C@@H](C)C3=NC(=O)C(Cc4ccc(C#N)s4)O/N=C(\CO[C@@H]([C@@H]3C)[C@]1(C)O)CO2. The van der Waals surface area contributed by atoms with Gasteiger partial charge in [0.2, 0.25) is 6.10 Å².